The maximum atomic E-state index is 13.3. The Balaban J connectivity index is 2.68. The van der Waals surface area contributed by atoms with Crippen molar-refractivity contribution in [2.45, 2.75) is 12.5 Å². The van der Waals surface area contributed by atoms with Crippen molar-refractivity contribution in [1.82, 2.24) is 5.32 Å². The van der Waals surface area contributed by atoms with Crippen molar-refractivity contribution < 1.29 is 24.2 Å². The number of benzene rings is 1. The van der Waals surface area contributed by atoms with E-state index in [0.29, 0.717) is 0 Å². The summed E-state index contributed by atoms with van der Waals surface area (Å²) >= 11 is 5.64. The van der Waals surface area contributed by atoms with Crippen molar-refractivity contribution in [3.8, 4) is 0 Å². The topological polar surface area (TPSA) is 98.7 Å². The number of urea groups is 1. The molecule has 1 rings (SSSR count). The minimum absolute atomic E-state index is 0.152. The lowest BCUT2D eigenvalue weighted by Crippen LogP contribution is -2.43. The Hall–Kier alpha value is -1.86. The number of carboxylic acid groups (broad SMARTS) is 1. The first-order valence-electron chi connectivity index (χ1n) is 5.30. The molecular weight excluding hydrogens is 279 g/mol. The van der Waals surface area contributed by atoms with E-state index in [4.69, 9.17) is 21.8 Å². The SMILES string of the molecule is O=C(Nc1cc(Cl)ccc1F)N[C@H](CCO)C(=O)O. The van der Waals surface area contributed by atoms with Crippen LogP contribution in [0.3, 0.4) is 0 Å². The number of carboxylic acids is 1. The zero-order valence-electron chi connectivity index (χ0n) is 9.69. The molecule has 0 unspecified atom stereocenters. The van der Waals surface area contributed by atoms with Gasteiger partial charge in [0.15, 0.2) is 0 Å². The predicted octanol–water partition coefficient (Wildman–Crippen LogP) is 1.44. The van der Waals surface area contributed by atoms with Gasteiger partial charge < -0.3 is 20.8 Å². The normalized spacial score (nSPS) is 11.7. The number of nitrogens with one attached hydrogen (secondary N) is 2. The Morgan fingerprint density at radius 2 is 2.11 bits per heavy atom. The molecule has 0 saturated carbocycles. The molecule has 1 aromatic carbocycles. The lowest BCUT2D eigenvalue weighted by atomic mass is 10.2. The smallest absolute Gasteiger partial charge is 0.326 e. The fourth-order valence-corrected chi connectivity index (χ4v) is 1.47. The van der Waals surface area contributed by atoms with Crippen LogP contribution in [0.1, 0.15) is 6.42 Å². The molecule has 8 heteroatoms. The number of aliphatic hydroxyl groups excluding tert-OH is 1. The first-order chi connectivity index (χ1) is 8.93. The zero-order chi connectivity index (χ0) is 14.4. The number of carbonyl (C=O) groups excluding carboxylic acids is 1. The molecule has 0 bridgehead atoms. The second kappa shape index (κ2) is 6.91. The van der Waals surface area contributed by atoms with Crippen LogP contribution in [-0.2, 0) is 4.79 Å². The minimum Gasteiger partial charge on any atom is -0.480 e. The van der Waals surface area contributed by atoms with Gasteiger partial charge >= 0.3 is 12.0 Å². The van der Waals surface area contributed by atoms with Crippen molar-refractivity contribution in [3.63, 3.8) is 0 Å². The number of hydrogen-bond acceptors (Lipinski definition) is 3. The van der Waals surface area contributed by atoms with Gasteiger partial charge in [-0.15, -0.1) is 0 Å². The van der Waals surface area contributed by atoms with Crippen LogP contribution in [-0.4, -0.2) is 34.9 Å². The predicted molar refractivity (Wildman–Crippen MR) is 66.7 cm³/mol. The van der Waals surface area contributed by atoms with E-state index in [1.54, 1.807) is 0 Å². The summed E-state index contributed by atoms with van der Waals surface area (Å²) in [6, 6.07) is 1.42. The number of carbonyl (C=O) groups is 2. The van der Waals surface area contributed by atoms with Gasteiger partial charge in [-0.3, -0.25) is 0 Å². The van der Waals surface area contributed by atoms with Crippen molar-refractivity contribution in [2.75, 3.05) is 11.9 Å². The summed E-state index contributed by atoms with van der Waals surface area (Å²) in [4.78, 5) is 22.2. The van der Waals surface area contributed by atoms with Gasteiger partial charge in [0.1, 0.15) is 11.9 Å². The van der Waals surface area contributed by atoms with Crippen molar-refractivity contribution in [2.24, 2.45) is 0 Å². The average molecular weight is 291 g/mol. The summed E-state index contributed by atoms with van der Waals surface area (Å²) in [5.74, 6) is -2.00. The molecule has 0 radical (unpaired) electrons. The molecule has 1 aromatic rings. The number of rotatable bonds is 5. The second-order valence-corrected chi connectivity index (χ2v) is 4.06. The van der Waals surface area contributed by atoms with E-state index in [1.807, 2.05) is 0 Å². The first-order valence-corrected chi connectivity index (χ1v) is 5.68. The molecule has 2 amide bonds. The standard InChI is InChI=1S/C11H12ClFN2O4/c12-6-1-2-7(13)9(5-6)15-11(19)14-8(3-4-16)10(17)18/h1-2,5,8,16H,3-4H2,(H,17,18)(H2,14,15,19)/t8-/m1/s1. The summed E-state index contributed by atoms with van der Waals surface area (Å²) in [7, 11) is 0. The molecule has 6 nitrogen and oxygen atoms in total. The maximum absolute atomic E-state index is 13.3. The molecule has 0 aromatic heterocycles. The second-order valence-electron chi connectivity index (χ2n) is 3.63. The molecular formula is C11H12ClFN2O4. The van der Waals surface area contributed by atoms with E-state index < -0.39 is 30.5 Å². The Bertz CT molecular complexity index is 484. The lowest BCUT2D eigenvalue weighted by Gasteiger charge is -2.14. The molecule has 19 heavy (non-hydrogen) atoms. The number of hydrogen-bond donors (Lipinski definition) is 4. The summed E-state index contributed by atoms with van der Waals surface area (Å²) < 4.78 is 13.3. The van der Waals surface area contributed by atoms with Crippen molar-refractivity contribution in [1.29, 1.82) is 0 Å². The number of anilines is 1. The molecule has 0 aliphatic rings. The Labute approximate surface area is 113 Å². The molecule has 0 spiro atoms. The largest absolute Gasteiger partial charge is 0.480 e. The molecule has 0 aliphatic carbocycles. The number of aliphatic hydroxyl groups is 1. The van der Waals surface area contributed by atoms with Crippen LogP contribution in [0.4, 0.5) is 14.9 Å². The van der Waals surface area contributed by atoms with Gasteiger partial charge in [-0.05, 0) is 18.2 Å². The summed E-state index contributed by atoms with van der Waals surface area (Å²) in [6.07, 6.45) is -0.152. The van der Waals surface area contributed by atoms with Gasteiger partial charge in [0, 0.05) is 18.1 Å². The Kier molecular flexibility index (Phi) is 5.53. The highest BCUT2D eigenvalue weighted by molar-refractivity contribution is 6.30. The summed E-state index contributed by atoms with van der Waals surface area (Å²) in [5, 5.41) is 21.9. The van der Waals surface area contributed by atoms with Crippen LogP contribution >= 0.6 is 11.6 Å². The molecule has 0 fully saturated rings. The van der Waals surface area contributed by atoms with Crippen LogP contribution in [0.15, 0.2) is 18.2 Å². The van der Waals surface area contributed by atoms with Gasteiger partial charge in [-0.2, -0.15) is 0 Å². The van der Waals surface area contributed by atoms with E-state index in [-0.39, 0.29) is 17.1 Å². The molecule has 4 N–H and O–H groups in total. The third kappa shape index (κ3) is 4.72. The van der Waals surface area contributed by atoms with Gasteiger partial charge in [0.05, 0.1) is 5.69 Å². The summed E-state index contributed by atoms with van der Waals surface area (Å²) in [5.41, 5.74) is -0.168. The van der Waals surface area contributed by atoms with E-state index >= 15 is 0 Å². The zero-order valence-corrected chi connectivity index (χ0v) is 10.4. The van der Waals surface area contributed by atoms with Crippen molar-refractivity contribution in [3.05, 3.63) is 29.0 Å². The Morgan fingerprint density at radius 1 is 1.42 bits per heavy atom. The minimum atomic E-state index is -1.30. The molecule has 104 valence electrons. The van der Waals surface area contributed by atoms with E-state index in [0.717, 1.165) is 6.07 Å². The molecule has 0 aliphatic heterocycles. The quantitative estimate of drug-likeness (QED) is 0.659. The van der Waals surface area contributed by atoms with Gasteiger partial charge in [-0.25, -0.2) is 14.0 Å². The monoisotopic (exact) mass is 290 g/mol. The number of halogens is 2. The van der Waals surface area contributed by atoms with E-state index in [1.165, 1.54) is 12.1 Å². The van der Waals surface area contributed by atoms with Crippen LogP contribution < -0.4 is 10.6 Å². The summed E-state index contributed by atoms with van der Waals surface area (Å²) in [6.45, 7) is -0.400. The highest BCUT2D eigenvalue weighted by Gasteiger charge is 2.19. The number of aliphatic carboxylic acids is 1. The van der Waals surface area contributed by atoms with Crippen LogP contribution in [0.25, 0.3) is 0 Å². The highest BCUT2D eigenvalue weighted by atomic mass is 35.5. The fraction of sp³-hybridized carbons (Fsp3) is 0.273. The molecule has 1 atom stereocenters. The average Bonchev–Trinajstić information content (AvgIpc) is 2.33. The van der Waals surface area contributed by atoms with Crippen LogP contribution in [0, 0.1) is 5.82 Å². The number of amides is 2. The fourth-order valence-electron chi connectivity index (χ4n) is 1.30. The third-order valence-corrected chi connectivity index (χ3v) is 2.43. The van der Waals surface area contributed by atoms with Gasteiger partial charge in [-0.1, -0.05) is 11.6 Å². The molecule has 0 heterocycles. The van der Waals surface area contributed by atoms with Crippen LogP contribution in [0.2, 0.25) is 5.02 Å². The van der Waals surface area contributed by atoms with E-state index in [9.17, 15) is 14.0 Å². The molecule has 0 saturated heterocycles. The highest BCUT2D eigenvalue weighted by Crippen LogP contribution is 2.19. The maximum Gasteiger partial charge on any atom is 0.326 e. The van der Waals surface area contributed by atoms with Gasteiger partial charge in [0.25, 0.3) is 0 Å². The first kappa shape index (κ1) is 15.2. The lowest BCUT2D eigenvalue weighted by molar-refractivity contribution is -0.139. The van der Waals surface area contributed by atoms with Crippen molar-refractivity contribution >= 4 is 29.3 Å². The third-order valence-electron chi connectivity index (χ3n) is 2.20. The van der Waals surface area contributed by atoms with Crippen LogP contribution in [0.5, 0.6) is 0 Å². The Morgan fingerprint density at radius 3 is 2.68 bits per heavy atom. The van der Waals surface area contributed by atoms with E-state index in [2.05, 4.69) is 10.6 Å². The van der Waals surface area contributed by atoms with Gasteiger partial charge in [0.2, 0.25) is 0 Å².